The third-order valence-electron chi connectivity index (χ3n) is 2.80. The molecule has 1 aromatic rings. The highest BCUT2D eigenvalue weighted by Gasteiger charge is 2.10. The monoisotopic (exact) mass is 269 g/mol. The predicted molar refractivity (Wildman–Crippen MR) is 75.5 cm³/mol. The largest absolute Gasteiger partial charge is 0.490 e. The summed E-state index contributed by atoms with van der Waals surface area (Å²) in [6.45, 7) is 8.92. The normalized spacial score (nSPS) is 15.8. The molecule has 0 bridgehead atoms. The molecule has 4 heteroatoms. The molecule has 1 fully saturated rings. The van der Waals surface area contributed by atoms with E-state index in [1.807, 2.05) is 12.1 Å². The maximum absolute atomic E-state index is 5.45. The fourth-order valence-corrected chi connectivity index (χ4v) is 1.86. The molecule has 1 heterocycles. The van der Waals surface area contributed by atoms with Crippen LogP contribution in [0.3, 0.4) is 0 Å². The molecule has 0 saturated carbocycles. The molecule has 1 saturated heterocycles. The Bertz CT molecular complexity index is 347. The number of morpholine rings is 1. The zero-order valence-electron chi connectivity index (χ0n) is 10.5. The first kappa shape index (κ1) is 15.0. The van der Waals surface area contributed by atoms with Gasteiger partial charge in [0.05, 0.1) is 13.2 Å². The fraction of sp³-hybridized carbons (Fsp3) is 0.429. The Morgan fingerprint density at radius 1 is 1.22 bits per heavy atom. The van der Waals surface area contributed by atoms with Crippen molar-refractivity contribution in [3.8, 4) is 5.75 Å². The minimum Gasteiger partial charge on any atom is -0.490 e. The summed E-state index contributed by atoms with van der Waals surface area (Å²) in [5.74, 6) is 0.899. The standard InChI is InChI=1S/C14H19NO2.ClH/c1-2-9-17-14-5-3-13(4-6-14)12-15-7-10-16-11-8-15;/h2-6H,1,7-12H2;1H. The van der Waals surface area contributed by atoms with Gasteiger partial charge in [-0.3, -0.25) is 4.90 Å². The van der Waals surface area contributed by atoms with Gasteiger partial charge in [0.15, 0.2) is 0 Å². The molecule has 0 radical (unpaired) electrons. The number of nitrogens with zero attached hydrogens (tertiary/aromatic N) is 1. The number of hydrogen-bond donors (Lipinski definition) is 0. The molecule has 100 valence electrons. The van der Waals surface area contributed by atoms with Crippen LogP contribution in [-0.4, -0.2) is 37.8 Å². The van der Waals surface area contributed by atoms with E-state index in [9.17, 15) is 0 Å². The molecule has 1 aliphatic rings. The van der Waals surface area contributed by atoms with Crippen molar-refractivity contribution in [3.63, 3.8) is 0 Å². The van der Waals surface area contributed by atoms with E-state index in [-0.39, 0.29) is 12.4 Å². The first-order valence-electron chi connectivity index (χ1n) is 6.01. The minimum absolute atomic E-state index is 0. The van der Waals surface area contributed by atoms with Crippen molar-refractivity contribution >= 4 is 12.4 Å². The number of hydrogen-bond acceptors (Lipinski definition) is 3. The zero-order chi connectivity index (χ0) is 11.9. The van der Waals surface area contributed by atoms with Gasteiger partial charge in [-0.25, -0.2) is 0 Å². The van der Waals surface area contributed by atoms with Crippen molar-refractivity contribution in [3.05, 3.63) is 42.5 Å². The van der Waals surface area contributed by atoms with Crippen molar-refractivity contribution in [2.75, 3.05) is 32.9 Å². The highest BCUT2D eigenvalue weighted by atomic mass is 35.5. The quantitative estimate of drug-likeness (QED) is 0.767. The number of ether oxygens (including phenoxy) is 2. The lowest BCUT2D eigenvalue weighted by Crippen LogP contribution is -2.35. The highest BCUT2D eigenvalue weighted by molar-refractivity contribution is 5.85. The maximum Gasteiger partial charge on any atom is 0.119 e. The Labute approximate surface area is 115 Å². The minimum atomic E-state index is 0. The van der Waals surface area contributed by atoms with Crippen molar-refractivity contribution < 1.29 is 9.47 Å². The molecule has 2 rings (SSSR count). The topological polar surface area (TPSA) is 21.7 Å². The van der Waals surface area contributed by atoms with E-state index >= 15 is 0 Å². The van der Waals surface area contributed by atoms with Gasteiger partial charge in [-0.05, 0) is 17.7 Å². The summed E-state index contributed by atoms with van der Waals surface area (Å²) in [6, 6.07) is 8.26. The van der Waals surface area contributed by atoms with E-state index in [0.29, 0.717) is 6.61 Å². The van der Waals surface area contributed by atoms with Gasteiger partial charge in [0, 0.05) is 19.6 Å². The van der Waals surface area contributed by atoms with Crippen LogP contribution in [0.5, 0.6) is 5.75 Å². The lowest BCUT2D eigenvalue weighted by Gasteiger charge is -2.26. The molecule has 1 aliphatic heterocycles. The average Bonchev–Trinajstić information content (AvgIpc) is 2.39. The summed E-state index contributed by atoms with van der Waals surface area (Å²) in [4.78, 5) is 2.41. The van der Waals surface area contributed by atoms with Crippen LogP contribution in [0.1, 0.15) is 5.56 Å². The highest BCUT2D eigenvalue weighted by Crippen LogP contribution is 2.14. The van der Waals surface area contributed by atoms with Gasteiger partial charge in [-0.15, -0.1) is 12.4 Å². The zero-order valence-corrected chi connectivity index (χ0v) is 11.3. The van der Waals surface area contributed by atoms with E-state index in [4.69, 9.17) is 9.47 Å². The molecule has 0 spiro atoms. The second-order valence-corrected chi connectivity index (χ2v) is 4.13. The van der Waals surface area contributed by atoms with Crippen LogP contribution in [0.4, 0.5) is 0 Å². The van der Waals surface area contributed by atoms with Crippen LogP contribution in [0.25, 0.3) is 0 Å². The van der Waals surface area contributed by atoms with E-state index in [2.05, 4.69) is 23.6 Å². The first-order chi connectivity index (χ1) is 8.38. The molecule has 1 aromatic carbocycles. The molecule has 0 N–H and O–H groups in total. The Morgan fingerprint density at radius 3 is 2.50 bits per heavy atom. The van der Waals surface area contributed by atoms with Gasteiger partial charge in [0.25, 0.3) is 0 Å². The fourth-order valence-electron chi connectivity index (χ4n) is 1.86. The summed E-state index contributed by atoms with van der Waals surface area (Å²) in [6.07, 6.45) is 1.75. The van der Waals surface area contributed by atoms with E-state index in [1.54, 1.807) is 6.08 Å². The Morgan fingerprint density at radius 2 is 1.89 bits per heavy atom. The van der Waals surface area contributed by atoms with Gasteiger partial charge in [-0.2, -0.15) is 0 Å². The van der Waals surface area contributed by atoms with Gasteiger partial charge in [-0.1, -0.05) is 24.8 Å². The molecule has 0 aliphatic carbocycles. The first-order valence-corrected chi connectivity index (χ1v) is 6.01. The molecular weight excluding hydrogens is 250 g/mol. The second-order valence-electron chi connectivity index (χ2n) is 4.13. The van der Waals surface area contributed by atoms with Crippen molar-refractivity contribution in [2.24, 2.45) is 0 Å². The van der Waals surface area contributed by atoms with Gasteiger partial charge < -0.3 is 9.47 Å². The van der Waals surface area contributed by atoms with E-state index in [1.165, 1.54) is 5.56 Å². The summed E-state index contributed by atoms with van der Waals surface area (Å²) < 4.78 is 10.8. The van der Waals surface area contributed by atoms with E-state index < -0.39 is 0 Å². The SMILES string of the molecule is C=CCOc1ccc(CN2CCOCC2)cc1.Cl. The second kappa shape index (κ2) is 8.14. The van der Waals surface area contributed by atoms with Crippen molar-refractivity contribution in [1.29, 1.82) is 0 Å². The molecule has 3 nitrogen and oxygen atoms in total. The molecule has 18 heavy (non-hydrogen) atoms. The summed E-state index contributed by atoms with van der Waals surface area (Å²) >= 11 is 0. The van der Waals surface area contributed by atoms with Gasteiger partial charge in [0.2, 0.25) is 0 Å². The van der Waals surface area contributed by atoms with Crippen LogP contribution in [0.2, 0.25) is 0 Å². The third kappa shape index (κ3) is 4.69. The Balaban J connectivity index is 0.00000162. The molecule has 0 atom stereocenters. The Hall–Kier alpha value is -1.03. The number of benzene rings is 1. The summed E-state index contributed by atoms with van der Waals surface area (Å²) in [5, 5.41) is 0. The lowest BCUT2D eigenvalue weighted by molar-refractivity contribution is 0.0342. The van der Waals surface area contributed by atoms with Crippen LogP contribution in [-0.2, 0) is 11.3 Å². The van der Waals surface area contributed by atoms with Crippen LogP contribution >= 0.6 is 12.4 Å². The molecular formula is C14H20ClNO2. The number of rotatable bonds is 5. The summed E-state index contributed by atoms with van der Waals surface area (Å²) in [7, 11) is 0. The summed E-state index contributed by atoms with van der Waals surface area (Å²) in [5.41, 5.74) is 1.32. The van der Waals surface area contributed by atoms with Crippen molar-refractivity contribution in [1.82, 2.24) is 4.90 Å². The van der Waals surface area contributed by atoms with Crippen LogP contribution in [0, 0.1) is 0 Å². The van der Waals surface area contributed by atoms with E-state index in [0.717, 1.165) is 38.6 Å². The molecule has 0 aromatic heterocycles. The van der Waals surface area contributed by atoms with Crippen molar-refractivity contribution in [2.45, 2.75) is 6.54 Å². The van der Waals surface area contributed by atoms with Gasteiger partial charge in [0.1, 0.15) is 12.4 Å². The maximum atomic E-state index is 5.45. The smallest absolute Gasteiger partial charge is 0.119 e. The Kier molecular flexibility index (Phi) is 6.80. The lowest BCUT2D eigenvalue weighted by atomic mass is 10.2. The molecule has 0 unspecified atom stereocenters. The predicted octanol–water partition coefficient (Wildman–Crippen LogP) is 2.51. The number of halogens is 1. The third-order valence-corrected chi connectivity index (χ3v) is 2.80. The average molecular weight is 270 g/mol. The van der Waals surface area contributed by atoms with Crippen LogP contribution in [0.15, 0.2) is 36.9 Å². The molecule has 0 amide bonds. The van der Waals surface area contributed by atoms with Crippen LogP contribution < -0.4 is 4.74 Å². The van der Waals surface area contributed by atoms with Gasteiger partial charge >= 0.3 is 0 Å².